The minimum Gasteiger partial charge on any atom is -0.331 e. The molecule has 1 rings (SSSR count). The van der Waals surface area contributed by atoms with Crippen molar-refractivity contribution < 1.29 is 4.79 Å². The van der Waals surface area contributed by atoms with Crippen molar-refractivity contribution in [2.45, 2.75) is 12.8 Å². The van der Waals surface area contributed by atoms with Crippen molar-refractivity contribution in [1.82, 2.24) is 9.80 Å². The van der Waals surface area contributed by atoms with Crippen molar-refractivity contribution >= 4 is 6.03 Å². The van der Waals surface area contributed by atoms with Gasteiger partial charge in [0.25, 0.3) is 0 Å². The SMILES string of the molecule is CN(C)C(=O)N1CC[C]CC1. The van der Waals surface area contributed by atoms with Gasteiger partial charge in [-0.2, -0.15) is 0 Å². The van der Waals surface area contributed by atoms with Gasteiger partial charge in [-0.15, -0.1) is 0 Å². The van der Waals surface area contributed by atoms with Crippen LogP contribution in [-0.4, -0.2) is 43.0 Å². The van der Waals surface area contributed by atoms with Gasteiger partial charge in [0.2, 0.25) is 0 Å². The number of hydrogen-bond donors (Lipinski definition) is 0. The first-order chi connectivity index (χ1) is 5.22. The molecule has 3 heteroatoms. The topological polar surface area (TPSA) is 23.6 Å². The fourth-order valence-corrected chi connectivity index (χ4v) is 1.14. The number of amides is 2. The molecule has 3 nitrogen and oxygen atoms in total. The van der Waals surface area contributed by atoms with Gasteiger partial charge in [0.1, 0.15) is 0 Å². The smallest absolute Gasteiger partial charge is 0.319 e. The van der Waals surface area contributed by atoms with Gasteiger partial charge < -0.3 is 9.80 Å². The molecular formula is C8H14N2O. The molecule has 0 aliphatic carbocycles. The van der Waals surface area contributed by atoms with Crippen LogP contribution in [0.4, 0.5) is 4.79 Å². The van der Waals surface area contributed by atoms with Gasteiger partial charge in [0, 0.05) is 27.2 Å². The van der Waals surface area contributed by atoms with Gasteiger partial charge in [-0.1, -0.05) is 0 Å². The Morgan fingerprint density at radius 1 is 1.36 bits per heavy atom. The molecule has 1 fully saturated rings. The van der Waals surface area contributed by atoms with E-state index < -0.39 is 0 Å². The quantitative estimate of drug-likeness (QED) is 0.507. The van der Waals surface area contributed by atoms with Crippen molar-refractivity contribution in [3.8, 4) is 0 Å². The van der Waals surface area contributed by atoms with Crippen molar-refractivity contribution in [1.29, 1.82) is 0 Å². The van der Waals surface area contributed by atoms with E-state index in [1.165, 1.54) is 0 Å². The Balaban J connectivity index is 2.39. The third-order valence-electron chi connectivity index (χ3n) is 1.77. The summed E-state index contributed by atoms with van der Waals surface area (Å²) in [5.74, 6) is 0. The second-order valence-electron chi connectivity index (χ2n) is 2.91. The molecule has 0 N–H and O–H groups in total. The minimum atomic E-state index is 0.117. The molecule has 0 aromatic carbocycles. The van der Waals surface area contributed by atoms with E-state index in [9.17, 15) is 4.79 Å². The van der Waals surface area contributed by atoms with Crippen LogP contribution >= 0.6 is 0 Å². The minimum absolute atomic E-state index is 0.117. The normalized spacial score (nSPS) is 18.2. The summed E-state index contributed by atoms with van der Waals surface area (Å²) in [6, 6.07) is 0.117. The number of urea groups is 1. The standard InChI is InChI=1S/C8H14N2O/c1-9(2)8(11)10-6-4-3-5-7-10/h4-7H2,1-2H3. The fourth-order valence-electron chi connectivity index (χ4n) is 1.14. The van der Waals surface area contributed by atoms with Crippen molar-refractivity contribution in [3.05, 3.63) is 6.42 Å². The number of rotatable bonds is 0. The molecule has 2 amide bonds. The van der Waals surface area contributed by atoms with E-state index in [2.05, 4.69) is 6.42 Å². The summed E-state index contributed by atoms with van der Waals surface area (Å²) in [6.45, 7) is 1.66. The monoisotopic (exact) mass is 154 g/mol. The summed E-state index contributed by atoms with van der Waals surface area (Å²) < 4.78 is 0. The lowest BCUT2D eigenvalue weighted by Gasteiger charge is -2.28. The van der Waals surface area contributed by atoms with Gasteiger partial charge in [-0.25, -0.2) is 4.79 Å². The van der Waals surface area contributed by atoms with E-state index in [-0.39, 0.29) is 6.03 Å². The predicted molar refractivity (Wildman–Crippen MR) is 43.1 cm³/mol. The lowest BCUT2D eigenvalue weighted by molar-refractivity contribution is 0.166. The maximum atomic E-state index is 11.3. The first-order valence-corrected chi connectivity index (χ1v) is 3.89. The second kappa shape index (κ2) is 3.60. The second-order valence-corrected chi connectivity index (χ2v) is 2.91. The average Bonchev–Trinajstić information content (AvgIpc) is 2.05. The third-order valence-corrected chi connectivity index (χ3v) is 1.77. The Kier molecular flexibility index (Phi) is 2.74. The maximum absolute atomic E-state index is 11.3. The molecule has 0 bridgehead atoms. The molecule has 0 atom stereocenters. The molecule has 0 saturated carbocycles. The highest BCUT2D eigenvalue weighted by Crippen LogP contribution is 2.08. The first kappa shape index (κ1) is 8.37. The van der Waals surface area contributed by atoms with Gasteiger partial charge >= 0.3 is 6.03 Å². The summed E-state index contributed by atoms with van der Waals surface area (Å²) >= 11 is 0. The molecule has 1 aliphatic heterocycles. The lowest BCUT2D eigenvalue weighted by Crippen LogP contribution is -2.42. The van der Waals surface area contributed by atoms with E-state index in [4.69, 9.17) is 0 Å². The zero-order chi connectivity index (χ0) is 8.27. The van der Waals surface area contributed by atoms with Crippen molar-refractivity contribution in [2.75, 3.05) is 27.2 Å². The maximum Gasteiger partial charge on any atom is 0.319 e. The average molecular weight is 154 g/mol. The van der Waals surface area contributed by atoms with Crippen LogP contribution in [0.5, 0.6) is 0 Å². The highest BCUT2D eigenvalue weighted by Gasteiger charge is 2.17. The van der Waals surface area contributed by atoms with Crippen LogP contribution < -0.4 is 0 Å². The van der Waals surface area contributed by atoms with Crippen LogP contribution in [-0.2, 0) is 0 Å². The molecule has 2 radical (unpaired) electrons. The van der Waals surface area contributed by atoms with Crippen LogP contribution in [0.25, 0.3) is 0 Å². The number of carbonyl (C=O) groups excluding carboxylic acids is 1. The molecule has 11 heavy (non-hydrogen) atoms. The van der Waals surface area contributed by atoms with Gasteiger partial charge in [0.05, 0.1) is 0 Å². The Morgan fingerprint density at radius 2 is 1.91 bits per heavy atom. The van der Waals surface area contributed by atoms with Gasteiger partial charge in [-0.3, -0.25) is 0 Å². The van der Waals surface area contributed by atoms with Crippen LogP contribution in [0.2, 0.25) is 0 Å². The zero-order valence-electron chi connectivity index (χ0n) is 7.13. The largest absolute Gasteiger partial charge is 0.331 e. The highest BCUT2D eigenvalue weighted by atomic mass is 16.2. The number of hydrogen-bond acceptors (Lipinski definition) is 1. The molecule has 1 saturated heterocycles. The lowest BCUT2D eigenvalue weighted by atomic mass is 10.1. The summed E-state index contributed by atoms with van der Waals surface area (Å²) in [4.78, 5) is 14.8. The molecule has 0 unspecified atom stereocenters. The number of likely N-dealkylation sites (tertiary alicyclic amines) is 1. The van der Waals surface area contributed by atoms with Crippen LogP contribution in [0, 0.1) is 6.42 Å². The fraction of sp³-hybridized carbons (Fsp3) is 0.750. The molecule has 0 aromatic rings. The van der Waals surface area contributed by atoms with Gasteiger partial charge in [0.15, 0.2) is 0 Å². The number of nitrogens with zero attached hydrogens (tertiary/aromatic N) is 2. The van der Waals surface area contributed by atoms with Crippen molar-refractivity contribution in [3.63, 3.8) is 0 Å². The summed E-state index contributed by atoms with van der Waals surface area (Å²) in [6.07, 6.45) is 5.03. The van der Waals surface area contributed by atoms with Crippen LogP contribution in [0.3, 0.4) is 0 Å². The summed E-state index contributed by atoms with van der Waals surface area (Å²) in [7, 11) is 3.56. The molecular weight excluding hydrogens is 140 g/mol. The molecule has 0 aromatic heterocycles. The number of piperidine rings is 1. The van der Waals surface area contributed by atoms with E-state index in [0.29, 0.717) is 0 Å². The van der Waals surface area contributed by atoms with E-state index in [1.807, 2.05) is 4.90 Å². The van der Waals surface area contributed by atoms with E-state index >= 15 is 0 Å². The van der Waals surface area contributed by atoms with Crippen LogP contribution in [0.1, 0.15) is 12.8 Å². The molecule has 1 heterocycles. The van der Waals surface area contributed by atoms with E-state index in [0.717, 1.165) is 25.9 Å². The Morgan fingerprint density at radius 3 is 2.36 bits per heavy atom. The zero-order valence-corrected chi connectivity index (χ0v) is 7.13. The van der Waals surface area contributed by atoms with Crippen LogP contribution in [0.15, 0.2) is 0 Å². The summed E-state index contributed by atoms with van der Waals surface area (Å²) in [5, 5.41) is 0. The Bertz CT molecular complexity index is 139. The third kappa shape index (κ3) is 2.10. The Labute approximate surface area is 68.0 Å². The predicted octanol–water partition coefficient (Wildman–Crippen LogP) is 0.845. The highest BCUT2D eigenvalue weighted by molar-refractivity contribution is 5.73. The molecule has 0 spiro atoms. The van der Waals surface area contributed by atoms with Gasteiger partial charge in [-0.05, 0) is 19.3 Å². The van der Waals surface area contributed by atoms with Crippen molar-refractivity contribution in [2.24, 2.45) is 0 Å². The molecule has 62 valence electrons. The number of carbonyl (C=O) groups is 1. The molecule has 1 aliphatic rings. The first-order valence-electron chi connectivity index (χ1n) is 3.89. The van der Waals surface area contributed by atoms with E-state index in [1.54, 1.807) is 19.0 Å². The summed E-state index contributed by atoms with van der Waals surface area (Å²) in [5.41, 5.74) is 0. The Hall–Kier alpha value is -0.730.